The van der Waals surface area contributed by atoms with Crippen LogP contribution in [0.4, 0.5) is 0 Å². The Labute approximate surface area is 172 Å². The second-order valence-electron chi connectivity index (χ2n) is 6.63. The van der Waals surface area contributed by atoms with Gasteiger partial charge in [-0.3, -0.25) is 4.79 Å². The Morgan fingerprint density at radius 1 is 1.10 bits per heavy atom. The second kappa shape index (κ2) is 8.50. The maximum Gasteiger partial charge on any atom is 0.342 e. The molecule has 1 heterocycles. The molecule has 0 radical (unpaired) electrons. The number of hydrogen-bond acceptors (Lipinski definition) is 9. The molecule has 0 aliphatic carbocycles. The molecule has 3 N–H and O–H groups in total. The number of ether oxygens (including phenoxy) is 4. The Balaban J connectivity index is 1.84. The lowest BCUT2D eigenvalue weighted by molar-refractivity contribution is -0.127. The van der Waals surface area contributed by atoms with Gasteiger partial charge in [0.15, 0.2) is 28.8 Å². The summed E-state index contributed by atoms with van der Waals surface area (Å²) in [5, 5.41) is 31.3. The van der Waals surface area contributed by atoms with E-state index < -0.39 is 23.6 Å². The normalized spacial score (nSPS) is 13.4. The van der Waals surface area contributed by atoms with Crippen LogP contribution < -0.4 is 14.2 Å². The van der Waals surface area contributed by atoms with Crippen LogP contribution in [0.3, 0.4) is 0 Å². The average Bonchev–Trinajstić information content (AvgIpc) is 3.11. The summed E-state index contributed by atoms with van der Waals surface area (Å²) in [5.74, 6) is -1.64. The Bertz CT molecular complexity index is 997. The minimum absolute atomic E-state index is 0.00916. The summed E-state index contributed by atoms with van der Waals surface area (Å²) in [6, 6.07) is 4.49. The van der Waals surface area contributed by atoms with Crippen molar-refractivity contribution < 1.29 is 43.9 Å². The largest absolute Gasteiger partial charge is 0.504 e. The summed E-state index contributed by atoms with van der Waals surface area (Å²) in [4.78, 5) is 24.5. The van der Waals surface area contributed by atoms with Crippen LogP contribution >= 0.6 is 0 Å². The molecule has 1 aliphatic heterocycles. The number of carbonyl (C=O) groups excluding carboxylic acids is 2. The predicted octanol–water partition coefficient (Wildman–Crippen LogP) is 2.03. The molecular formula is C21H22O9. The first-order valence-corrected chi connectivity index (χ1v) is 9.07. The highest BCUT2D eigenvalue weighted by Crippen LogP contribution is 2.42. The van der Waals surface area contributed by atoms with E-state index >= 15 is 0 Å². The molecule has 0 amide bonds. The van der Waals surface area contributed by atoms with Gasteiger partial charge in [0.25, 0.3) is 0 Å². The summed E-state index contributed by atoms with van der Waals surface area (Å²) in [5.41, 5.74) is 0.976. The summed E-state index contributed by atoms with van der Waals surface area (Å²) in [7, 11) is 4.01. The Morgan fingerprint density at radius 2 is 1.77 bits per heavy atom. The lowest BCUT2D eigenvalue weighted by Gasteiger charge is -2.17. The zero-order valence-electron chi connectivity index (χ0n) is 16.7. The molecular weight excluding hydrogens is 396 g/mol. The van der Waals surface area contributed by atoms with Crippen molar-refractivity contribution in [2.45, 2.75) is 25.6 Å². The molecule has 0 bridgehead atoms. The molecule has 2 aromatic carbocycles. The number of esters is 1. The van der Waals surface area contributed by atoms with Gasteiger partial charge in [-0.25, -0.2) is 4.79 Å². The Kier molecular flexibility index (Phi) is 6.02. The van der Waals surface area contributed by atoms with Crippen molar-refractivity contribution in [2.24, 2.45) is 0 Å². The third-order valence-corrected chi connectivity index (χ3v) is 4.98. The Hall–Kier alpha value is -3.46. The van der Waals surface area contributed by atoms with Crippen LogP contribution in [0, 0.1) is 0 Å². The van der Waals surface area contributed by atoms with Crippen LogP contribution in [0.5, 0.6) is 28.7 Å². The minimum atomic E-state index is -1.67. The zero-order valence-corrected chi connectivity index (χ0v) is 16.7. The van der Waals surface area contributed by atoms with Gasteiger partial charge in [-0.1, -0.05) is 0 Å². The van der Waals surface area contributed by atoms with E-state index in [1.807, 2.05) is 0 Å². The molecule has 0 saturated carbocycles. The van der Waals surface area contributed by atoms with Gasteiger partial charge in [0, 0.05) is 12.0 Å². The van der Waals surface area contributed by atoms with Crippen LogP contribution in [0.1, 0.15) is 39.6 Å². The third kappa shape index (κ3) is 3.59. The standard InChI is InChI=1S/C21H22O9/c1-27-13-6-7-14(28-2)19(25)16(13)18(24)12(22)5-4-10-8-11-9-30-21(26)15(11)20(29-3)17(10)23/h6-8,18,23-25H,4-5,9H2,1-3H3. The third-order valence-electron chi connectivity index (χ3n) is 4.98. The zero-order chi connectivity index (χ0) is 22.0. The van der Waals surface area contributed by atoms with Gasteiger partial charge in [0.1, 0.15) is 24.0 Å². The van der Waals surface area contributed by atoms with E-state index in [2.05, 4.69) is 0 Å². The second-order valence-corrected chi connectivity index (χ2v) is 6.63. The van der Waals surface area contributed by atoms with Gasteiger partial charge in [-0.2, -0.15) is 0 Å². The molecule has 0 fully saturated rings. The lowest BCUT2D eigenvalue weighted by atomic mass is 9.95. The van der Waals surface area contributed by atoms with Crippen molar-refractivity contribution in [2.75, 3.05) is 21.3 Å². The molecule has 160 valence electrons. The van der Waals surface area contributed by atoms with Gasteiger partial charge in [-0.15, -0.1) is 0 Å². The highest BCUT2D eigenvalue weighted by molar-refractivity contribution is 5.97. The fourth-order valence-electron chi connectivity index (χ4n) is 3.44. The van der Waals surface area contributed by atoms with E-state index in [0.717, 1.165) is 0 Å². The molecule has 0 spiro atoms. The maximum absolute atomic E-state index is 12.6. The summed E-state index contributed by atoms with van der Waals surface area (Å²) in [6.45, 7) is 0.0449. The monoisotopic (exact) mass is 418 g/mol. The van der Waals surface area contributed by atoms with E-state index in [-0.39, 0.29) is 53.6 Å². The predicted molar refractivity (Wildman–Crippen MR) is 103 cm³/mol. The van der Waals surface area contributed by atoms with Crippen molar-refractivity contribution in [1.29, 1.82) is 0 Å². The quantitative estimate of drug-likeness (QED) is 0.551. The molecule has 2 aromatic rings. The number of aromatic hydroxyl groups is 2. The molecule has 9 nitrogen and oxygen atoms in total. The minimum Gasteiger partial charge on any atom is -0.504 e. The molecule has 0 saturated heterocycles. The van der Waals surface area contributed by atoms with Crippen molar-refractivity contribution in [3.05, 3.63) is 40.5 Å². The molecule has 1 unspecified atom stereocenters. The topological polar surface area (TPSA) is 132 Å². The summed E-state index contributed by atoms with van der Waals surface area (Å²) < 4.78 is 20.3. The Morgan fingerprint density at radius 3 is 2.40 bits per heavy atom. The molecule has 3 rings (SSSR count). The van der Waals surface area contributed by atoms with Gasteiger partial charge < -0.3 is 34.3 Å². The van der Waals surface area contributed by atoms with E-state index in [4.69, 9.17) is 18.9 Å². The first-order valence-electron chi connectivity index (χ1n) is 9.07. The molecule has 9 heteroatoms. The number of hydrogen-bond donors (Lipinski definition) is 3. The van der Waals surface area contributed by atoms with Gasteiger partial charge >= 0.3 is 5.97 Å². The number of cyclic esters (lactones) is 1. The number of aliphatic hydroxyl groups excluding tert-OH is 1. The fourth-order valence-corrected chi connectivity index (χ4v) is 3.44. The van der Waals surface area contributed by atoms with Gasteiger partial charge in [-0.05, 0) is 30.2 Å². The molecule has 1 aliphatic rings. The summed E-state index contributed by atoms with van der Waals surface area (Å²) in [6.07, 6.45) is -1.77. The molecule has 1 atom stereocenters. The van der Waals surface area contributed by atoms with Crippen molar-refractivity contribution in [3.63, 3.8) is 0 Å². The fraction of sp³-hybridized carbons (Fsp3) is 0.333. The number of benzene rings is 2. The number of aryl methyl sites for hydroxylation is 1. The highest BCUT2D eigenvalue weighted by Gasteiger charge is 2.31. The first kappa shape index (κ1) is 21.3. The van der Waals surface area contributed by atoms with Crippen molar-refractivity contribution in [1.82, 2.24) is 0 Å². The molecule has 0 aromatic heterocycles. The highest BCUT2D eigenvalue weighted by atomic mass is 16.5. The van der Waals surface area contributed by atoms with E-state index in [1.54, 1.807) is 6.07 Å². The van der Waals surface area contributed by atoms with Gasteiger partial charge in [0.2, 0.25) is 0 Å². The number of ketones is 1. The maximum atomic E-state index is 12.6. The van der Waals surface area contributed by atoms with Crippen LogP contribution in [-0.4, -0.2) is 48.4 Å². The van der Waals surface area contributed by atoms with Crippen LogP contribution in [-0.2, 0) is 22.6 Å². The van der Waals surface area contributed by atoms with E-state index in [9.17, 15) is 24.9 Å². The first-order chi connectivity index (χ1) is 14.3. The average molecular weight is 418 g/mol. The number of rotatable bonds is 8. The summed E-state index contributed by atoms with van der Waals surface area (Å²) >= 11 is 0. The van der Waals surface area contributed by atoms with Crippen LogP contribution in [0.2, 0.25) is 0 Å². The lowest BCUT2D eigenvalue weighted by Crippen LogP contribution is -2.14. The van der Waals surface area contributed by atoms with E-state index in [1.165, 1.54) is 33.5 Å². The smallest absolute Gasteiger partial charge is 0.342 e. The van der Waals surface area contributed by atoms with Crippen LogP contribution in [0.25, 0.3) is 0 Å². The number of phenols is 2. The number of phenolic OH excluding ortho intramolecular Hbond substituents is 2. The number of Topliss-reactive ketones (excluding diaryl/α,β-unsaturated/α-hetero) is 1. The van der Waals surface area contributed by atoms with Crippen molar-refractivity contribution in [3.8, 4) is 28.7 Å². The number of carbonyl (C=O) groups is 2. The number of aliphatic hydroxyl groups is 1. The van der Waals surface area contributed by atoms with Gasteiger partial charge in [0.05, 0.1) is 26.9 Å². The number of fused-ring (bicyclic) bond motifs is 1. The SMILES string of the molecule is COc1ccc(OC)c(C(O)C(=O)CCc2cc3c(c(OC)c2O)C(=O)OC3)c1O. The van der Waals surface area contributed by atoms with Crippen LogP contribution in [0.15, 0.2) is 18.2 Å². The van der Waals surface area contributed by atoms with E-state index in [0.29, 0.717) is 11.1 Å². The molecule has 30 heavy (non-hydrogen) atoms. The number of methoxy groups -OCH3 is 3. The van der Waals surface area contributed by atoms with Crippen molar-refractivity contribution >= 4 is 11.8 Å².